The molecule has 2 heterocycles. The van der Waals surface area contributed by atoms with E-state index in [1.165, 1.54) is 39.3 Å². The third-order valence-corrected chi connectivity index (χ3v) is 5.80. The molecule has 0 N–H and O–H groups in total. The molecule has 0 unspecified atom stereocenters. The van der Waals surface area contributed by atoms with Gasteiger partial charge in [0.1, 0.15) is 13.2 Å². The minimum atomic E-state index is 0.221. The molecule has 28 heavy (non-hydrogen) atoms. The highest BCUT2D eigenvalue weighted by Crippen LogP contribution is 2.36. The van der Waals surface area contributed by atoms with Crippen LogP contribution in [0.25, 0.3) is 11.3 Å². The van der Waals surface area contributed by atoms with Crippen LogP contribution in [0.1, 0.15) is 23.6 Å². The van der Waals surface area contributed by atoms with Crippen molar-refractivity contribution in [1.29, 1.82) is 0 Å². The molecule has 0 saturated carbocycles. The Morgan fingerprint density at radius 1 is 0.786 bits per heavy atom. The Balaban J connectivity index is 1.73. The smallest absolute Gasteiger partial charge is 0.212 e. The molecule has 1 atom stereocenters. The van der Waals surface area contributed by atoms with Crippen molar-refractivity contribution in [3.63, 3.8) is 0 Å². The first-order valence-corrected chi connectivity index (χ1v) is 9.85. The van der Waals surface area contributed by atoms with E-state index in [-0.39, 0.29) is 6.17 Å². The molecule has 3 heteroatoms. The SMILES string of the molecule is Cc1cccc(C)c1N1C=CN(c2cccc(-c3cccc[n+]3C)c2C)[C@H]1C. The van der Waals surface area contributed by atoms with Gasteiger partial charge in [-0.3, -0.25) is 0 Å². The average Bonchev–Trinajstić information content (AvgIpc) is 3.04. The topological polar surface area (TPSA) is 10.4 Å². The maximum absolute atomic E-state index is 2.37. The molecular formula is C25H28N3+. The molecule has 2 aromatic carbocycles. The lowest BCUT2D eigenvalue weighted by Crippen LogP contribution is -2.37. The molecule has 1 aliphatic heterocycles. The highest BCUT2D eigenvalue weighted by Gasteiger charge is 2.28. The first-order chi connectivity index (χ1) is 13.5. The van der Waals surface area contributed by atoms with E-state index in [0.29, 0.717) is 0 Å². The van der Waals surface area contributed by atoms with Crippen molar-refractivity contribution in [2.45, 2.75) is 33.9 Å². The predicted octanol–water partition coefficient (Wildman–Crippen LogP) is 5.25. The summed E-state index contributed by atoms with van der Waals surface area (Å²) in [6, 6.07) is 19.4. The summed E-state index contributed by atoms with van der Waals surface area (Å²) in [7, 11) is 2.10. The van der Waals surface area contributed by atoms with Crippen molar-refractivity contribution in [3.05, 3.63) is 89.9 Å². The van der Waals surface area contributed by atoms with Crippen LogP contribution >= 0.6 is 0 Å². The summed E-state index contributed by atoms with van der Waals surface area (Å²) in [4.78, 5) is 4.74. The minimum absolute atomic E-state index is 0.221. The number of nitrogens with zero attached hydrogens (tertiary/aromatic N) is 3. The molecule has 0 radical (unpaired) electrons. The first-order valence-electron chi connectivity index (χ1n) is 9.85. The van der Waals surface area contributed by atoms with Crippen LogP contribution in [0, 0.1) is 20.8 Å². The van der Waals surface area contributed by atoms with Gasteiger partial charge in [-0.05, 0) is 62.6 Å². The van der Waals surface area contributed by atoms with Crippen LogP contribution in [0.3, 0.4) is 0 Å². The Bertz CT molecular complexity index is 1030. The van der Waals surface area contributed by atoms with E-state index in [1.54, 1.807) is 0 Å². The fourth-order valence-corrected chi connectivity index (χ4v) is 4.27. The highest BCUT2D eigenvalue weighted by molar-refractivity contribution is 5.74. The Morgan fingerprint density at radius 2 is 1.46 bits per heavy atom. The second-order valence-electron chi connectivity index (χ2n) is 7.63. The maximum atomic E-state index is 2.37. The van der Waals surface area contributed by atoms with Crippen LogP contribution in [-0.4, -0.2) is 6.17 Å². The lowest BCUT2D eigenvalue weighted by atomic mass is 10.0. The lowest BCUT2D eigenvalue weighted by Gasteiger charge is -2.32. The number of hydrogen-bond donors (Lipinski definition) is 0. The van der Waals surface area contributed by atoms with E-state index in [1.807, 2.05) is 0 Å². The average molecular weight is 371 g/mol. The fraction of sp³-hybridized carbons (Fsp3) is 0.240. The monoisotopic (exact) mass is 370 g/mol. The van der Waals surface area contributed by atoms with Gasteiger partial charge in [0.25, 0.3) is 0 Å². The van der Waals surface area contributed by atoms with E-state index in [2.05, 4.69) is 122 Å². The van der Waals surface area contributed by atoms with E-state index in [9.17, 15) is 0 Å². The summed E-state index contributed by atoms with van der Waals surface area (Å²) in [6.45, 7) is 8.86. The molecule has 0 bridgehead atoms. The van der Waals surface area contributed by atoms with Crippen LogP contribution in [0.5, 0.6) is 0 Å². The number of para-hydroxylation sites is 1. The Kier molecular flexibility index (Phi) is 4.68. The van der Waals surface area contributed by atoms with E-state index in [4.69, 9.17) is 0 Å². The lowest BCUT2D eigenvalue weighted by molar-refractivity contribution is -0.660. The van der Waals surface area contributed by atoms with Crippen LogP contribution in [0.15, 0.2) is 73.2 Å². The molecule has 0 aliphatic carbocycles. The number of hydrogen-bond acceptors (Lipinski definition) is 2. The Hall–Kier alpha value is -3.07. The van der Waals surface area contributed by atoms with Gasteiger partial charge in [-0.1, -0.05) is 24.3 Å². The molecule has 1 aliphatic rings. The zero-order valence-electron chi connectivity index (χ0n) is 17.3. The number of benzene rings is 2. The van der Waals surface area contributed by atoms with Gasteiger partial charge in [0.15, 0.2) is 6.20 Å². The zero-order chi connectivity index (χ0) is 19.8. The maximum Gasteiger partial charge on any atom is 0.212 e. The minimum Gasteiger partial charge on any atom is -0.325 e. The molecule has 0 amide bonds. The molecule has 142 valence electrons. The van der Waals surface area contributed by atoms with Crippen molar-refractivity contribution in [2.24, 2.45) is 7.05 Å². The Labute approximate surface area is 168 Å². The van der Waals surface area contributed by atoms with Gasteiger partial charge in [-0.25, -0.2) is 4.57 Å². The van der Waals surface area contributed by atoms with Crippen molar-refractivity contribution in [1.82, 2.24) is 0 Å². The van der Waals surface area contributed by atoms with E-state index >= 15 is 0 Å². The van der Waals surface area contributed by atoms with Gasteiger partial charge in [-0.15, -0.1) is 0 Å². The predicted molar refractivity (Wildman–Crippen MR) is 117 cm³/mol. The molecule has 0 fully saturated rings. The standard InChI is InChI=1S/C25H28N3/c1-18-10-8-11-19(2)25(18)28-17-16-27(21(28)4)23-14-9-12-22(20(23)3)24-13-6-7-15-26(24)5/h6-17,21H,1-5H3/q+1/t21-/m1/s1. The molecule has 3 nitrogen and oxygen atoms in total. The molecular weight excluding hydrogens is 342 g/mol. The summed E-state index contributed by atoms with van der Waals surface area (Å²) in [6.07, 6.45) is 6.73. The summed E-state index contributed by atoms with van der Waals surface area (Å²) < 4.78 is 2.18. The summed E-state index contributed by atoms with van der Waals surface area (Å²) >= 11 is 0. The molecule has 0 spiro atoms. The van der Waals surface area contributed by atoms with Crippen LogP contribution < -0.4 is 14.4 Å². The third-order valence-electron chi connectivity index (χ3n) is 5.80. The van der Waals surface area contributed by atoms with E-state index < -0.39 is 0 Å². The number of aryl methyl sites for hydroxylation is 3. The van der Waals surface area contributed by atoms with Crippen LogP contribution in [0.4, 0.5) is 11.4 Å². The number of aromatic nitrogens is 1. The number of rotatable bonds is 3. The third kappa shape index (κ3) is 2.97. The van der Waals surface area contributed by atoms with E-state index in [0.717, 1.165) is 0 Å². The van der Waals surface area contributed by atoms with Gasteiger partial charge in [0.2, 0.25) is 5.69 Å². The number of pyridine rings is 1. The van der Waals surface area contributed by atoms with Gasteiger partial charge in [-0.2, -0.15) is 0 Å². The Morgan fingerprint density at radius 3 is 2.18 bits per heavy atom. The van der Waals surface area contributed by atoms with Crippen molar-refractivity contribution < 1.29 is 4.57 Å². The number of anilines is 2. The van der Waals surface area contributed by atoms with Crippen LogP contribution in [0.2, 0.25) is 0 Å². The fourth-order valence-electron chi connectivity index (χ4n) is 4.27. The second-order valence-corrected chi connectivity index (χ2v) is 7.63. The molecule has 0 saturated heterocycles. The molecule has 4 rings (SSSR count). The summed E-state index contributed by atoms with van der Waals surface area (Å²) in [5.74, 6) is 0. The van der Waals surface area contributed by atoms with Crippen molar-refractivity contribution in [2.75, 3.05) is 9.80 Å². The summed E-state index contributed by atoms with van der Waals surface area (Å²) in [5, 5.41) is 0. The van der Waals surface area contributed by atoms with Gasteiger partial charge >= 0.3 is 0 Å². The molecule has 3 aromatic rings. The zero-order valence-corrected chi connectivity index (χ0v) is 17.3. The van der Waals surface area contributed by atoms with Crippen molar-refractivity contribution >= 4 is 11.4 Å². The normalized spacial score (nSPS) is 16.1. The summed E-state index contributed by atoms with van der Waals surface area (Å²) in [5.41, 5.74) is 8.95. The van der Waals surface area contributed by atoms with Gasteiger partial charge in [0, 0.05) is 35.9 Å². The second kappa shape index (κ2) is 7.16. The van der Waals surface area contributed by atoms with Gasteiger partial charge in [0.05, 0.1) is 5.56 Å². The first kappa shape index (κ1) is 18.3. The highest BCUT2D eigenvalue weighted by atomic mass is 15.4. The van der Waals surface area contributed by atoms with Gasteiger partial charge < -0.3 is 9.80 Å². The largest absolute Gasteiger partial charge is 0.325 e. The van der Waals surface area contributed by atoms with Crippen LogP contribution in [-0.2, 0) is 7.05 Å². The van der Waals surface area contributed by atoms with Crippen molar-refractivity contribution in [3.8, 4) is 11.3 Å². The molecule has 1 aromatic heterocycles. The quantitative estimate of drug-likeness (QED) is 0.583.